The molecule has 0 saturated carbocycles. The minimum Gasteiger partial charge on any atom is -0.489 e. The molecule has 1 aliphatic rings. The van der Waals surface area contributed by atoms with Crippen molar-refractivity contribution in [2.24, 2.45) is 5.92 Å². The summed E-state index contributed by atoms with van der Waals surface area (Å²) < 4.78 is 5.76. The largest absolute Gasteiger partial charge is 0.489 e. The van der Waals surface area contributed by atoms with E-state index >= 15 is 0 Å². The molecule has 4 heteroatoms. The Hall–Kier alpha value is -1.42. The van der Waals surface area contributed by atoms with Crippen molar-refractivity contribution in [3.05, 3.63) is 18.2 Å². The second-order valence-corrected chi connectivity index (χ2v) is 6.15. The van der Waals surface area contributed by atoms with Gasteiger partial charge in [-0.3, -0.25) is 0 Å². The highest BCUT2D eigenvalue weighted by molar-refractivity contribution is 5.73. The Bertz CT molecular complexity index is 447. The number of hydrogen-bond donors (Lipinski definition) is 1. The predicted molar refractivity (Wildman–Crippen MR) is 85.5 cm³/mol. The van der Waals surface area contributed by atoms with Crippen LogP contribution in [0.2, 0.25) is 0 Å². The molecule has 2 N–H and O–H groups in total. The maximum Gasteiger partial charge on any atom is 0.144 e. The van der Waals surface area contributed by atoms with Gasteiger partial charge < -0.3 is 20.3 Å². The molecular weight excluding hydrogens is 250 g/mol. The van der Waals surface area contributed by atoms with Gasteiger partial charge in [-0.25, -0.2) is 0 Å². The van der Waals surface area contributed by atoms with E-state index in [-0.39, 0.29) is 6.10 Å². The predicted octanol–water partition coefficient (Wildman–Crippen LogP) is 2.44. The zero-order valence-corrected chi connectivity index (χ0v) is 13.1. The number of nitrogens with zero attached hydrogens (tertiary/aromatic N) is 2. The topological polar surface area (TPSA) is 41.7 Å². The van der Waals surface area contributed by atoms with Crippen molar-refractivity contribution in [2.75, 3.05) is 44.4 Å². The van der Waals surface area contributed by atoms with Crippen LogP contribution in [0.25, 0.3) is 0 Å². The van der Waals surface area contributed by atoms with E-state index in [0.717, 1.165) is 29.6 Å². The molecule has 0 radical (unpaired) electrons. The number of ether oxygens (including phenoxy) is 1. The highest BCUT2D eigenvalue weighted by atomic mass is 16.5. The van der Waals surface area contributed by atoms with Gasteiger partial charge in [-0.05, 0) is 51.9 Å². The summed E-state index contributed by atoms with van der Waals surface area (Å²) >= 11 is 0. The first-order valence-electron chi connectivity index (χ1n) is 7.42. The number of nitrogens with two attached hydrogens (primary N) is 1. The van der Waals surface area contributed by atoms with Crippen LogP contribution >= 0.6 is 0 Å². The monoisotopic (exact) mass is 277 g/mol. The molecule has 1 aromatic rings. The molecule has 20 heavy (non-hydrogen) atoms. The number of para-hydroxylation sites is 1. The molecule has 1 aromatic carbocycles. The lowest BCUT2D eigenvalue weighted by atomic mass is 10.1. The van der Waals surface area contributed by atoms with Crippen LogP contribution in [0, 0.1) is 5.92 Å². The fourth-order valence-electron chi connectivity index (χ4n) is 2.88. The number of benzene rings is 1. The SMILES string of the molecule is CC(C)Oc1cccc(N(C)CC2CCN(C)C2)c1N. The van der Waals surface area contributed by atoms with Crippen molar-refractivity contribution in [3.8, 4) is 5.75 Å². The molecule has 1 aliphatic heterocycles. The first kappa shape index (κ1) is 15.0. The Balaban J connectivity index is 2.07. The van der Waals surface area contributed by atoms with Gasteiger partial charge in [-0.15, -0.1) is 0 Å². The summed E-state index contributed by atoms with van der Waals surface area (Å²) in [6, 6.07) is 6.03. The summed E-state index contributed by atoms with van der Waals surface area (Å²) in [7, 11) is 4.30. The zero-order chi connectivity index (χ0) is 14.7. The number of likely N-dealkylation sites (tertiary alicyclic amines) is 1. The van der Waals surface area contributed by atoms with Crippen LogP contribution in [-0.2, 0) is 0 Å². The molecule has 112 valence electrons. The van der Waals surface area contributed by atoms with E-state index in [4.69, 9.17) is 10.5 Å². The van der Waals surface area contributed by atoms with Crippen molar-refractivity contribution in [1.82, 2.24) is 4.90 Å². The molecule has 0 aliphatic carbocycles. The lowest BCUT2D eigenvalue weighted by Crippen LogP contribution is -2.28. The third kappa shape index (κ3) is 3.57. The number of nitrogen functional groups attached to an aromatic ring is 1. The summed E-state index contributed by atoms with van der Waals surface area (Å²) in [5.41, 5.74) is 8.07. The molecule has 0 amide bonds. The lowest BCUT2D eigenvalue weighted by molar-refractivity contribution is 0.244. The first-order chi connectivity index (χ1) is 9.47. The fraction of sp³-hybridized carbons (Fsp3) is 0.625. The highest BCUT2D eigenvalue weighted by Crippen LogP contribution is 2.33. The Kier molecular flexibility index (Phi) is 4.76. The van der Waals surface area contributed by atoms with Gasteiger partial charge in [-0.2, -0.15) is 0 Å². The van der Waals surface area contributed by atoms with E-state index in [2.05, 4.69) is 30.0 Å². The Morgan fingerprint density at radius 1 is 1.45 bits per heavy atom. The van der Waals surface area contributed by atoms with Crippen LogP contribution < -0.4 is 15.4 Å². The second-order valence-electron chi connectivity index (χ2n) is 6.15. The normalized spacial score (nSPS) is 19.6. The van der Waals surface area contributed by atoms with Gasteiger partial charge in [0.2, 0.25) is 0 Å². The standard InChI is InChI=1S/C16H27N3O/c1-12(2)20-15-7-5-6-14(16(15)17)19(4)11-13-8-9-18(3)10-13/h5-7,12-13H,8-11,17H2,1-4H3. The van der Waals surface area contributed by atoms with E-state index in [0.29, 0.717) is 0 Å². The van der Waals surface area contributed by atoms with Crippen molar-refractivity contribution in [3.63, 3.8) is 0 Å². The second kappa shape index (κ2) is 6.35. The molecule has 1 unspecified atom stereocenters. The van der Waals surface area contributed by atoms with Crippen LogP contribution in [-0.4, -0.2) is 44.7 Å². The molecule has 1 saturated heterocycles. The Morgan fingerprint density at radius 3 is 2.80 bits per heavy atom. The van der Waals surface area contributed by atoms with Crippen molar-refractivity contribution in [2.45, 2.75) is 26.4 Å². The van der Waals surface area contributed by atoms with Crippen LogP contribution in [0.3, 0.4) is 0 Å². The molecule has 4 nitrogen and oxygen atoms in total. The maximum atomic E-state index is 6.26. The van der Waals surface area contributed by atoms with Crippen LogP contribution in [0.4, 0.5) is 11.4 Å². The minimum absolute atomic E-state index is 0.140. The molecule has 1 atom stereocenters. The quantitative estimate of drug-likeness (QED) is 0.839. The molecule has 2 rings (SSSR count). The molecule has 1 fully saturated rings. The summed E-state index contributed by atoms with van der Waals surface area (Å²) in [5.74, 6) is 1.51. The van der Waals surface area contributed by atoms with Gasteiger partial charge in [0.25, 0.3) is 0 Å². The van der Waals surface area contributed by atoms with Crippen LogP contribution in [0.1, 0.15) is 20.3 Å². The van der Waals surface area contributed by atoms with Crippen molar-refractivity contribution < 1.29 is 4.74 Å². The molecule has 0 bridgehead atoms. The summed E-state index contributed by atoms with van der Waals surface area (Å²) in [6.07, 6.45) is 1.41. The number of anilines is 2. The van der Waals surface area contributed by atoms with E-state index in [1.54, 1.807) is 0 Å². The average Bonchev–Trinajstić information content (AvgIpc) is 2.76. The number of hydrogen-bond acceptors (Lipinski definition) is 4. The Labute approximate surface area is 122 Å². The molecular formula is C16H27N3O. The van der Waals surface area contributed by atoms with E-state index in [1.165, 1.54) is 19.5 Å². The van der Waals surface area contributed by atoms with E-state index in [1.807, 2.05) is 26.0 Å². The van der Waals surface area contributed by atoms with Crippen LogP contribution in [0.5, 0.6) is 5.75 Å². The van der Waals surface area contributed by atoms with Crippen molar-refractivity contribution >= 4 is 11.4 Å². The lowest BCUT2D eigenvalue weighted by Gasteiger charge is -2.25. The number of rotatable bonds is 5. The molecule has 0 aromatic heterocycles. The summed E-state index contributed by atoms with van der Waals surface area (Å²) in [6.45, 7) is 7.45. The third-order valence-corrected chi connectivity index (χ3v) is 3.84. The maximum absolute atomic E-state index is 6.26. The van der Waals surface area contributed by atoms with Gasteiger partial charge in [0.1, 0.15) is 5.75 Å². The van der Waals surface area contributed by atoms with E-state index < -0.39 is 0 Å². The average molecular weight is 277 g/mol. The van der Waals surface area contributed by atoms with Gasteiger partial charge in [0, 0.05) is 20.1 Å². The molecule has 0 spiro atoms. The first-order valence-corrected chi connectivity index (χ1v) is 7.42. The minimum atomic E-state index is 0.140. The highest BCUT2D eigenvalue weighted by Gasteiger charge is 2.22. The van der Waals surface area contributed by atoms with Gasteiger partial charge in [-0.1, -0.05) is 6.07 Å². The van der Waals surface area contributed by atoms with Gasteiger partial charge in [0.05, 0.1) is 17.5 Å². The third-order valence-electron chi connectivity index (χ3n) is 3.84. The van der Waals surface area contributed by atoms with Crippen molar-refractivity contribution in [1.29, 1.82) is 0 Å². The van der Waals surface area contributed by atoms with Gasteiger partial charge >= 0.3 is 0 Å². The fourth-order valence-corrected chi connectivity index (χ4v) is 2.88. The van der Waals surface area contributed by atoms with Crippen LogP contribution in [0.15, 0.2) is 18.2 Å². The van der Waals surface area contributed by atoms with E-state index in [9.17, 15) is 0 Å². The summed E-state index contributed by atoms with van der Waals surface area (Å²) in [4.78, 5) is 4.65. The Morgan fingerprint density at radius 2 is 2.20 bits per heavy atom. The zero-order valence-electron chi connectivity index (χ0n) is 13.1. The van der Waals surface area contributed by atoms with Gasteiger partial charge in [0.15, 0.2) is 0 Å². The molecule has 1 heterocycles. The smallest absolute Gasteiger partial charge is 0.144 e. The summed E-state index contributed by atoms with van der Waals surface area (Å²) in [5, 5.41) is 0.